The van der Waals surface area contributed by atoms with Crippen LogP contribution in [0.3, 0.4) is 0 Å². The van der Waals surface area contributed by atoms with Crippen molar-refractivity contribution in [3.8, 4) is 0 Å². The van der Waals surface area contributed by atoms with Crippen molar-refractivity contribution in [1.29, 1.82) is 0 Å². The Hall–Kier alpha value is -1.54. The Morgan fingerprint density at radius 3 is 2.81 bits per heavy atom. The Morgan fingerprint density at radius 1 is 1.15 bits per heavy atom. The van der Waals surface area contributed by atoms with Crippen LogP contribution in [0.1, 0.15) is 25.7 Å². The van der Waals surface area contributed by atoms with Gasteiger partial charge in [-0.2, -0.15) is 0 Å². The van der Waals surface area contributed by atoms with Gasteiger partial charge in [0.25, 0.3) is 0 Å². The fourth-order valence-corrected chi connectivity index (χ4v) is 5.54. The highest BCUT2D eigenvalue weighted by Gasteiger charge is 2.28. The summed E-state index contributed by atoms with van der Waals surface area (Å²) in [6, 6.07) is 9.57. The first-order chi connectivity index (χ1) is 13.1. The summed E-state index contributed by atoms with van der Waals surface area (Å²) in [6.45, 7) is 4.23. The molecule has 0 bridgehead atoms. The van der Waals surface area contributed by atoms with Crippen LogP contribution in [-0.2, 0) is 14.8 Å². The van der Waals surface area contributed by atoms with E-state index in [-0.39, 0.29) is 4.90 Å². The van der Waals surface area contributed by atoms with Gasteiger partial charge in [0, 0.05) is 43.9 Å². The van der Waals surface area contributed by atoms with Crippen molar-refractivity contribution in [3.05, 3.63) is 36.5 Å². The summed E-state index contributed by atoms with van der Waals surface area (Å²) in [5, 5.41) is 0.837. The third kappa shape index (κ3) is 4.32. The zero-order valence-corrected chi connectivity index (χ0v) is 16.3. The zero-order chi connectivity index (χ0) is 18.7. The summed E-state index contributed by atoms with van der Waals surface area (Å²) in [5.74, 6) is 0.347. The molecule has 0 spiro atoms. The predicted molar refractivity (Wildman–Crippen MR) is 105 cm³/mol. The number of nitrogens with one attached hydrogen (secondary N) is 1. The summed E-state index contributed by atoms with van der Waals surface area (Å²) < 4.78 is 34.1. The number of fused-ring (bicyclic) bond motifs is 1. The van der Waals surface area contributed by atoms with Crippen molar-refractivity contribution in [2.24, 2.45) is 5.92 Å². The molecule has 0 radical (unpaired) electrons. The quantitative estimate of drug-likeness (QED) is 0.850. The van der Waals surface area contributed by atoms with Gasteiger partial charge in [0.2, 0.25) is 10.0 Å². The van der Waals surface area contributed by atoms with E-state index in [0.29, 0.717) is 24.0 Å². The minimum atomic E-state index is -3.58. The van der Waals surface area contributed by atoms with Crippen LogP contribution in [-0.4, -0.2) is 57.2 Å². The summed E-state index contributed by atoms with van der Waals surface area (Å²) in [6.07, 6.45) is 5.99. The monoisotopic (exact) mass is 389 g/mol. The van der Waals surface area contributed by atoms with Gasteiger partial charge in [0.1, 0.15) is 4.90 Å². The van der Waals surface area contributed by atoms with E-state index in [2.05, 4.69) is 14.6 Å². The average molecular weight is 390 g/mol. The van der Waals surface area contributed by atoms with Crippen molar-refractivity contribution < 1.29 is 13.2 Å². The van der Waals surface area contributed by atoms with Gasteiger partial charge in [0.05, 0.1) is 5.52 Å². The largest absolute Gasteiger partial charge is 0.381 e. The van der Waals surface area contributed by atoms with Crippen LogP contribution in [0.2, 0.25) is 0 Å². The molecule has 1 aromatic heterocycles. The Bertz CT molecular complexity index is 876. The Kier molecular flexibility index (Phi) is 5.73. The highest BCUT2D eigenvalue weighted by molar-refractivity contribution is 7.89. The lowest BCUT2D eigenvalue weighted by molar-refractivity contribution is 0.0183. The van der Waals surface area contributed by atoms with Gasteiger partial charge in [0.15, 0.2) is 0 Å². The number of sulfonamides is 1. The number of pyridine rings is 1. The molecule has 1 aromatic carbocycles. The van der Waals surface area contributed by atoms with Gasteiger partial charge in [-0.15, -0.1) is 0 Å². The minimum absolute atomic E-state index is 0.262. The number of hydrogen-bond acceptors (Lipinski definition) is 5. The van der Waals surface area contributed by atoms with Crippen LogP contribution < -0.4 is 4.72 Å². The number of benzene rings is 1. The van der Waals surface area contributed by atoms with E-state index in [1.165, 1.54) is 0 Å². The van der Waals surface area contributed by atoms with Gasteiger partial charge in [-0.3, -0.25) is 9.88 Å². The molecule has 1 unspecified atom stereocenters. The molecular weight excluding hydrogens is 362 g/mol. The second-order valence-corrected chi connectivity index (χ2v) is 9.27. The third-order valence-corrected chi connectivity index (χ3v) is 7.16. The van der Waals surface area contributed by atoms with Crippen molar-refractivity contribution in [3.63, 3.8) is 0 Å². The van der Waals surface area contributed by atoms with E-state index in [4.69, 9.17) is 4.74 Å². The molecule has 2 aliphatic rings. The van der Waals surface area contributed by atoms with Crippen molar-refractivity contribution in [2.45, 2.75) is 36.6 Å². The van der Waals surface area contributed by atoms with E-state index in [9.17, 15) is 8.42 Å². The van der Waals surface area contributed by atoms with E-state index in [1.54, 1.807) is 18.3 Å². The Balaban J connectivity index is 1.42. The fraction of sp³-hybridized carbons (Fsp3) is 0.550. The lowest BCUT2D eigenvalue weighted by Crippen LogP contribution is -2.47. The van der Waals surface area contributed by atoms with Crippen molar-refractivity contribution in [1.82, 2.24) is 14.6 Å². The lowest BCUT2D eigenvalue weighted by Gasteiger charge is -2.40. The Morgan fingerprint density at radius 2 is 1.96 bits per heavy atom. The molecule has 2 aromatic rings. The molecule has 0 amide bonds. The molecular formula is C20H27N3O3S. The molecule has 4 rings (SSSR count). The van der Waals surface area contributed by atoms with E-state index < -0.39 is 10.0 Å². The standard InChI is InChI=1S/C20H27N3O3S/c24-27(25,19-7-1-5-17-6-2-10-21-20(17)19)22-14-16-4-3-11-23(15-16)18-8-12-26-13-9-18/h1-2,5-7,10,16,18,22H,3-4,8-9,11-15H2. The molecule has 27 heavy (non-hydrogen) atoms. The van der Waals surface area contributed by atoms with Crippen LogP contribution >= 0.6 is 0 Å². The molecule has 3 heterocycles. The second kappa shape index (κ2) is 8.22. The summed E-state index contributed by atoms with van der Waals surface area (Å²) in [7, 11) is -3.58. The topological polar surface area (TPSA) is 71.5 Å². The molecule has 1 N–H and O–H groups in total. The number of likely N-dealkylation sites (tertiary alicyclic amines) is 1. The van der Waals surface area contributed by atoms with Gasteiger partial charge < -0.3 is 4.74 Å². The van der Waals surface area contributed by atoms with Crippen LogP contribution in [0.5, 0.6) is 0 Å². The van der Waals surface area contributed by atoms with Gasteiger partial charge in [-0.05, 0) is 50.3 Å². The highest BCUT2D eigenvalue weighted by atomic mass is 32.2. The number of ether oxygens (including phenoxy) is 1. The first kappa shape index (κ1) is 18.8. The van der Waals surface area contributed by atoms with Crippen LogP contribution in [0.25, 0.3) is 10.9 Å². The Labute approximate surface area is 161 Å². The third-order valence-electron chi connectivity index (χ3n) is 5.70. The predicted octanol–water partition coefficient (Wildman–Crippen LogP) is 2.40. The number of para-hydroxylation sites is 1. The van der Waals surface area contributed by atoms with E-state index >= 15 is 0 Å². The van der Waals surface area contributed by atoms with Gasteiger partial charge in [-0.1, -0.05) is 18.2 Å². The smallest absolute Gasteiger partial charge is 0.242 e. The van der Waals surface area contributed by atoms with Gasteiger partial charge >= 0.3 is 0 Å². The molecule has 2 saturated heterocycles. The molecule has 146 valence electrons. The SMILES string of the molecule is O=S(=O)(NCC1CCCN(C2CCOCC2)C1)c1cccc2cccnc12. The van der Waals surface area contributed by atoms with Gasteiger partial charge in [-0.25, -0.2) is 13.1 Å². The molecule has 1 atom stereocenters. The molecule has 6 nitrogen and oxygen atoms in total. The highest BCUT2D eigenvalue weighted by Crippen LogP contribution is 2.24. The molecule has 0 aliphatic carbocycles. The maximum atomic E-state index is 12.9. The fourth-order valence-electron chi connectivity index (χ4n) is 4.24. The first-order valence-corrected chi connectivity index (χ1v) is 11.3. The van der Waals surface area contributed by atoms with E-state index in [0.717, 1.165) is 57.4 Å². The number of piperidine rings is 1. The maximum Gasteiger partial charge on any atom is 0.242 e. The average Bonchev–Trinajstić information content (AvgIpc) is 2.73. The zero-order valence-electron chi connectivity index (χ0n) is 15.5. The minimum Gasteiger partial charge on any atom is -0.381 e. The van der Waals surface area contributed by atoms with Crippen molar-refractivity contribution >= 4 is 20.9 Å². The van der Waals surface area contributed by atoms with Crippen molar-refractivity contribution in [2.75, 3.05) is 32.8 Å². The summed E-state index contributed by atoms with van der Waals surface area (Å²) in [4.78, 5) is 7.07. The van der Waals surface area contributed by atoms with Crippen LogP contribution in [0, 0.1) is 5.92 Å². The molecule has 7 heteroatoms. The molecule has 2 fully saturated rings. The number of nitrogens with zero attached hydrogens (tertiary/aromatic N) is 2. The summed E-state index contributed by atoms with van der Waals surface area (Å²) >= 11 is 0. The first-order valence-electron chi connectivity index (χ1n) is 9.79. The van der Waals surface area contributed by atoms with E-state index in [1.807, 2.05) is 18.2 Å². The number of hydrogen-bond donors (Lipinski definition) is 1. The van der Waals surface area contributed by atoms with Crippen LogP contribution in [0.4, 0.5) is 0 Å². The lowest BCUT2D eigenvalue weighted by atomic mass is 9.95. The number of rotatable bonds is 5. The second-order valence-electron chi connectivity index (χ2n) is 7.53. The summed E-state index contributed by atoms with van der Waals surface area (Å²) in [5.41, 5.74) is 0.528. The normalized spacial score (nSPS) is 22.9. The molecule has 0 saturated carbocycles. The molecule has 2 aliphatic heterocycles. The maximum absolute atomic E-state index is 12.9. The number of aromatic nitrogens is 1. The van der Waals surface area contributed by atoms with Crippen LogP contribution in [0.15, 0.2) is 41.4 Å².